The van der Waals surface area contributed by atoms with Gasteiger partial charge in [0.1, 0.15) is 65.5 Å². The van der Waals surface area contributed by atoms with Crippen LogP contribution in [0.5, 0.6) is 11.5 Å². The molecule has 2 fully saturated rings. The molecule has 124 heavy (non-hydrogen) atoms. The topological polar surface area (TPSA) is 470 Å². The van der Waals surface area contributed by atoms with Gasteiger partial charge in [-0.1, -0.05) is 84.9 Å². The SMILES string of the molecule is Cc1cccc(Nc2nc(N)n(-c3cc(Nc4ccccc4)ncn3)n2)c1F.Cc1nc(Nc2ccccc2)cc(-n2nc(Nc3ccc(N4CCOCC4)cc3F)nc2N)n1.Nc1nc(Nc2ccc(N3CCOCC3)cc2F)nn1-c1cc(Nc2ccccc2)ncn1.Nc1nc(Nc2ccc3c(c2)OCO3)nn1-c1cc(Nc2ccccc2)ncn1. The first-order valence-corrected chi connectivity index (χ1v) is 38.5. The zero-order chi connectivity index (χ0) is 85.3. The van der Waals surface area contributed by atoms with Crippen molar-refractivity contribution in [3.8, 4) is 34.8 Å². The van der Waals surface area contributed by atoms with Crippen molar-refractivity contribution < 1.29 is 32.1 Å². The van der Waals surface area contributed by atoms with E-state index in [0.29, 0.717) is 102 Å². The van der Waals surface area contributed by atoms with E-state index in [1.165, 1.54) is 49.8 Å². The number of hydrogen-bond donors (Lipinski definition) is 12. The van der Waals surface area contributed by atoms with E-state index in [1.54, 1.807) is 68.4 Å². The third-order valence-electron chi connectivity index (χ3n) is 18.6. The molecule has 0 unspecified atom stereocenters. The van der Waals surface area contributed by atoms with E-state index in [4.69, 9.17) is 41.9 Å². The van der Waals surface area contributed by atoms with Crippen LogP contribution >= 0.6 is 0 Å². The van der Waals surface area contributed by atoms with Crippen LogP contribution in [0.2, 0.25) is 0 Å². The lowest BCUT2D eigenvalue weighted by atomic mass is 10.2. The second kappa shape index (κ2) is 37.8. The van der Waals surface area contributed by atoms with E-state index in [-0.39, 0.29) is 71.3 Å². The molecule has 11 heterocycles. The minimum Gasteiger partial charge on any atom is -0.454 e. The number of rotatable bonds is 22. The number of ether oxygens (including phenoxy) is 4. The molecule has 0 saturated carbocycles. The maximum absolute atomic E-state index is 14.8. The van der Waals surface area contributed by atoms with Gasteiger partial charge in [0.25, 0.3) is 0 Å². The van der Waals surface area contributed by atoms with Crippen molar-refractivity contribution in [3.63, 3.8) is 0 Å². The summed E-state index contributed by atoms with van der Waals surface area (Å²) >= 11 is 0. The van der Waals surface area contributed by atoms with Crippen LogP contribution in [0.25, 0.3) is 23.3 Å². The molecule has 0 aliphatic carbocycles. The van der Waals surface area contributed by atoms with Gasteiger partial charge in [-0.2, -0.15) is 38.7 Å². The number of aromatic nitrogens is 20. The highest BCUT2D eigenvalue weighted by molar-refractivity contribution is 5.67. The predicted molar refractivity (Wildman–Crippen MR) is 465 cm³/mol. The van der Waals surface area contributed by atoms with Crippen molar-refractivity contribution in [1.82, 2.24) is 98.9 Å². The lowest BCUT2D eigenvalue weighted by Crippen LogP contribution is -2.36. The van der Waals surface area contributed by atoms with Crippen molar-refractivity contribution in [2.75, 3.05) is 135 Å². The number of para-hydroxylation sites is 4. The summed E-state index contributed by atoms with van der Waals surface area (Å²) in [4.78, 5) is 55.1. The first-order valence-electron chi connectivity index (χ1n) is 38.5. The standard InChI is InChI=1S/C23H24FN9O.C22H22FN9O.C19H17FN8.C19H16N8O2/c1-15-26-20(28-16-5-3-2-4-6-16)14-21(27-15)33-22(25)30-23(31-33)29-19-8-7-17(13-18(19)24)32-9-11-34-12-10-32;23-17-12-16(31-8-10-33-11-9-31)6-7-18(17)28-22-29-21(24)32(30-22)20-13-19(25-14-26-20)27-15-4-2-1-3-5-15;1-12-6-5-9-14(17(12)20)25-19-26-18(21)28(27-19)16-10-15(22-11-23-16)24-13-7-3-2-4-8-13;20-18-25-19(24-13-6-7-14-15(8-13)29-11-28-14)26-27(18)17-9-16(21-10-22-17)23-12-4-2-1-3-5-12/h2-8,13-14H,9-12H2,1H3,(H,26,27,28)(H3,25,29,30,31);1-7,12-14H,8-11H2,(H,25,26,27)(H3,24,28,29,30);2-11H,1H3,(H,22,23,24)(H3,21,25,26,27);1-10H,11H2,(H,21,22,23)(H3,20,24,25,26). The Morgan fingerprint density at radius 3 is 1.12 bits per heavy atom. The number of fused-ring (bicyclic) bond motifs is 1. The van der Waals surface area contributed by atoms with Gasteiger partial charge in [0.2, 0.25) is 54.4 Å². The van der Waals surface area contributed by atoms with Crippen molar-refractivity contribution >= 4 is 128 Å². The van der Waals surface area contributed by atoms with Crippen molar-refractivity contribution in [1.29, 1.82) is 0 Å². The Kier molecular flexibility index (Phi) is 24.7. The number of nitrogens with two attached hydrogens (primary N) is 4. The number of morpholine rings is 2. The molecular weight excluding hydrogens is 1590 g/mol. The number of benzene rings is 8. The number of hydrogen-bond acceptors (Lipinski definition) is 34. The molecule has 0 atom stereocenters. The summed E-state index contributed by atoms with van der Waals surface area (Å²) in [5.41, 5.74) is 31.4. The highest BCUT2D eigenvalue weighted by Gasteiger charge is 2.23. The van der Waals surface area contributed by atoms with Crippen LogP contribution < -0.4 is 84.7 Å². The summed E-state index contributed by atoms with van der Waals surface area (Å²) < 4.78 is 70.7. The minimum atomic E-state index is -0.412. The highest BCUT2D eigenvalue weighted by Crippen LogP contribution is 2.36. The fraction of sp³-hybridized carbons (Fsp3) is 0.133. The van der Waals surface area contributed by atoms with Gasteiger partial charge >= 0.3 is 0 Å². The summed E-state index contributed by atoms with van der Waals surface area (Å²) in [6.07, 6.45) is 4.24. The van der Waals surface area contributed by atoms with E-state index in [1.807, 2.05) is 152 Å². The molecule has 0 amide bonds. The van der Waals surface area contributed by atoms with Crippen LogP contribution in [0.3, 0.4) is 0 Å². The van der Waals surface area contributed by atoms with Gasteiger partial charge in [0.15, 0.2) is 34.8 Å². The van der Waals surface area contributed by atoms with Crippen molar-refractivity contribution in [2.45, 2.75) is 13.8 Å². The molecule has 0 spiro atoms. The zero-order valence-corrected chi connectivity index (χ0v) is 66.3. The summed E-state index contributed by atoms with van der Waals surface area (Å²) in [6.45, 7) is 9.13. The predicted octanol–water partition coefficient (Wildman–Crippen LogP) is 12.9. The smallest absolute Gasteiger partial charge is 0.248 e. The zero-order valence-electron chi connectivity index (χ0n) is 66.3. The molecule has 38 nitrogen and oxygen atoms in total. The summed E-state index contributed by atoms with van der Waals surface area (Å²) in [7, 11) is 0. The van der Waals surface area contributed by atoms with E-state index in [9.17, 15) is 13.2 Å². The van der Waals surface area contributed by atoms with Crippen LogP contribution in [0, 0.1) is 31.3 Å². The number of nitrogen functional groups attached to an aromatic ring is 4. The summed E-state index contributed by atoms with van der Waals surface area (Å²) in [5, 5.41) is 41.9. The van der Waals surface area contributed by atoms with Gasteiger partial charge in [-0.25, -0.2) is 53.0 Å². The van der Waals surface area contributed by atoms with E-state index >= 15 is 0 Å². The van der Waals surface area contributed by atoms with Gasteiger partial charge in [-0.3, -0.25) is 0 Å². The third-order valence-corrected chi connectivity index (χ3v) is 18.6. The number of aryl methyl sites for hydroxylation is 2. The average Bonchev–Trinajstić information content (AvgIpc) is 1.70. The van der Waals surface area contributed by atoms with Gasteiger partial charge in [-0.15, -0.1) is 20.4 Å². The quantitative estimate of drug-likeness (QED) is 0.0300. The molecule has 3 aliphatic heterocycles. The maximum atomic E-state index is 14.8. The Labute approximate surface area is 705 Å². The Bertz CT molecular complexity index is 6320. The van der Waals surface area contributed by atoms with Gasteiger partial charge < -0.3 is 94.2 Å². The molecule has 2 saturated heterocycles. The molecule has 8 aromatic heterocycles. The van der Waals surface area contributed by atoms with Crippen LogP contribution in [0.1, 0.15) is 11.4 Å². The number of anilines is 22. The van der Waals surface area contributed by atoms with Gasteiger partial charge in [0, 0.05) is 96.3 Å². The van der Waals surface area contributed by atoms with Crippen LogP contribution in [0.4, 0.5) is 141 Å². The van der Waals surface area contributed by atoms with Crippen LogP contribution in [-0.2, 0) is 9.47 Å². The largest absolute Gasteiger partial charge is 0.454 e. The number of nitrogens with one attached hydrogen (secondary N) is 8. The van der Waals surface area contributed by atoms with E-state index < -0.39 is 11.6 Å². The molecular formula is C83H79F3N34O4. The first-order chi connectivity index (χ1) is 60.5. The molecule has 626 valence electrons. The first kappa shape index (κ1) is 80.9. The van der Waals surface area contributed by atoms with Gasteiger partial charge in [-0.05, 0) is 123 Å². The lowest BCUT2D eigenvalue weighted by Gasteiger charge is -2.29. The molecule has 16 N–H and O–H groups in total. The maximum Gasteiger partial charge on any atom is 0.248 e. The number of nitrogens with zero attached hydrogens (tertiary/aromatic N) is 22. The monoisotopic (exact) mass is 1670 g/mol. The van der Waals surface area contributed by atoms with E-state index in [0.717, 1.165) is 66.0 Å². The molecule has 3 aliphatic rings. The Morgan fingerprint density at radius 1 is 0.323 bits per heavy atom. The minimum absolute atomic E-state index is 0.104. The average molecular weight is 1670 g/mol. The summed E-state index contributed by atoms with van der Waals surface area (Å²) in [6, 6.07) is 65.9. The fourth-order valence-electron chi connectivity index (χ4n) is 12.6. The normalized spacial score (nSPS) is 12.6. The molecule has 41 heteroatoms. The third kappa shape index (κ3) is 20.5. The molecule has 16 aromatic rings. The number of halogens is 3. The molecule has 8 aromatic carbocycles. The lowest BCUT2D eigenvalue weighted by molar-refractivity contribution is 0.122. The van der Waals surface area contributed by atoms with E-state index in [2.05, 4.69) is 133 Å². The Balaban J connectivity index is 0.000000123. The van der Waals surface area contributed by atoms with Crippen molar-refractivity contribution in [2.24, 2.45) is 0 Å². The van der Waals surface area contributed by atoms with Crippen LogP contribution in [-0.4, -0.2) is 158 Å². The molecule has 19 rings (SSSR count). The Hall–Kier alpha value is -16.9. The molecule has 0 bridgehead atoms. The van der Waals surface area contributed by atoms with Crippen LogP contribution in [0.15, 0.2) is 237 Å². The Morgan fingerprint density at radius 2 is 0.702 bits per heavy atom. The molecule has 0 radical (unpaired) electrons. The second-order valence-corrected chi connectivity index (χ2v) is 27.3. The summed E-state index contributed by atoms with van der Waals surface area (Å²) in [5.74, 6) is 6.14. The van der Waals surface area contributed by atoms with Crippen molar-refractivity contribution in [3.05, 3.63) is 266 Å². The van der Waals surface area contributed by atoms with Gasteiger partial charge in [0.05, 0.1) is 43.5 Å². The fourth-order valence-corrected chi connectivity index (χ4v) is 12.6. The second-order valence-electron chi connectivity index (χ2n) is 27.3. The highest BCUT2D eigenvalue weighted by atomic mass is 19.1.